The molecule has 0 aliphatic carbocycles. The smallest absolute Gasteiger partial charge is 0.119 e. The quantitative estimate of drug-likeness (QED) is 0.647. The van der Waals surface area contributed by atoms with Crippen LogP contribution in [-0.4, -0.2) is 29.4 Å². The number of ether oxygens (including phenoxy) is 1. The lowest BCUT2D eigenvalue weighted by atomic mass is 10.0. The van der Waals surface area contributed by atoms with Gasteiger partial charge in [0.25, 0.3) is 0 Å². The molecular formula is C18H24ClNO3. The maximum absolute atomic E-state index is 10.2. The van der Waals surface area contributed by atoms with Crippen LogP contribution in [-0.2, 0) is 0 Å². The summed E-state index contributed by atoms with van der Waals surface area (Å²) in [5.74, 6) is 1.08. The number of aliphatic hydroxyl groups excluding tert-OH is 1. The van der Waals surface area contributed by atoms with Crippen LogP contribution in [0.25, 0.3) is 0 Å². The van der Waals surface area contributed by atoms with Crippen molar-refractivity contribution in [3.05, 3.63) is 60.2 Å². The Morgan fingerprint density at radius 3 is 2.35 bits per heavy atom. The van der Waals surface area contributed by atoms with Crippen molar-refractivity contribution >= 4 is 12.4 Å². The average molecular weight is 338 g/mol. The average Bonchev–Trinajstić information content (AvgIpc) is 2.55. The number of nitrogens with one attached hydrogen (secondary N) is 1. The number of para-hydroxylation sites is 1. The van der Waals surface area contributed by atoms with Gasteiger partial charge < -0.3 is 20.3 Å². The van der Waals surface area contributed by atoms with Crippen LogP contribution in [0.4, 0.5) is 0 Å². The van der Waals surface area contributed by atoms with E-state index in [-0.39, 0.29) is 24.2 Å². The number of phenols is 1. The Morgan fingerprint density at radius 1 is 1.04 bits per heavy atom. The fourth-order valence-electron chi connectivity index (χ4n) is 2.18. The molecule has 0 aliphatic heterocycles. The van der Waals surface area contributed by atoms with Crippen LogP contribution >= 0.6 is 12.4 Å². The summed E-state index contributed by atoms with van der Waals surface area (Å²) in [7, 11) is 0. The van der Waals surface area contributed by atoms with Gasteiger partial charge >= 0.3 is 0 Å². The monoisotopic (exact) mass is 337 g/mol. The molecule has 0 spiro atoms. The molecule has 126 valence electrons. The number of hydrogen-bond donors (Lipinski definition) is 3. The molecule has 0 radical (unpaired) electrons. The predicted molar refractivity (Wildman–Crippen MR) is 94.3 cm³/mol. The van der Waals surface area contributed by atoms with Gasteiger partial charge in [0.1, 0.15) is 11.5 Å². The number of benzene rings is 2. The highest BCUT2D eigenvalue weighted by Crippen LogP contribution is 2.19. The molecule has 0 heterocycles. The van der Waals surface area contributed by atoms with E-state index in [4.69, 9.17) is 4.74 Å². The second-order valence-corrected chi connectivity index (χ2v) is 5.29. The van der Waals surface area contributed by atoms with Gasteiger partial charge in [-0.15, -0.1) is 12.4 Å². The van der Waals surface area contributed by atoms with Crippen molar-refractivity contribution in [3.63, 3.8) is 0 Å². The number of aromatic hydroxyl groups is 1. The first kappa shape index (κ1) is 19.3. The van der Waals surface area contributed by atoms with E-state index in [1.54, 1.807) is 24.3 Å². The van der Waals surface area contributed by atoms with Crippen LogP contribution < -0.4 is 10.1 Å². The summed E-state index contributed by atoms with van der Waals surface area (Å²) in [6.07, 6.45) is 0.261. The Kier molecular flexibility index (Phi) is 8.48. The van der Waals surface area contributed by atoms with Gasteiger partial charge in [-0.3, -0.25) is 0 Å². The minimum absolute atomic E-state index is 0. The van der Waals surface area contributed by atoms with Gasteiger partial charge in [0.2, 0.25) is 0 Å². The van der Waals surface area contributed by atoms with Gasteiger partial charge in [-0.25, -0.2) is 0 Å². The van der Waals surface area contributed by atoms with Crippen LogP contribution in [0.3, 0.4) is 0 Å². The van der Waals surface area contributed by atoms with Crippen LogP contribution in [0.2, 0.25) is 0 Å². The van der Waals surface area contributed by atoms with Crippen LogP contribution in [0.15, 0.2) is 54.6 Å². The third kappa shape index (κ3) is 6.48. The first-order valence-electron chi connectivity index (χ1n) is 7.55. The Balaban J connectivity index is 0.00000264. The highest BCUT2D eigenvalue weighted by atomic mass is 35.5. The van der Waals surface area contributed by atoms with Crippen molar-refractivity contribution in [3.8, 4) is 11.5 Å². The molecule has 4 nitrogen and oxygen atoms in total. The van der Waals surface area contributed by atoms with Crippen molar-refractivity contribution in [2.24, 2.45) is 0 Å². The van der Waals surface area contributed by atoms with E-state index < -0.39 is 6.10 Å². The van der Waals surface area contributed by atoms with Crippen molar-refractivity contribution in [2.75, 3.05) is 13.2 Å². The zero-order valence-corrected chi connectivity index (χ0v) is 14.0. The van der Waals surface area contributed by atoms with Crippen molar-refractivity contribution < 1.29 is 14.9 Å². The minimum Gasteiger partial charge on any atom is -0.508 e. The summed E-state index contributed by atoms with van der Waals surface area (Å²) >= 11 is 0. The second kappa shape index (κ2) is 10.1. The fraction of sp³-hybridized carbons (Fsp3) is 0.333. The highest BCUT2D eigenvalue weighted by Gasteiger charge is 2.15. The summed E-state index contributed by atoms with van der Waals surface area (Å²) in [5.41, 5.74) is 0.790. The lowest BCUT2D eigenvalue weighted by molar-refractivity contribution is 0.135. The third-order valence-electron chi connectivity index (χ3n) is 3.51. The molecular weight excluding hydrogens is 314 g/mol. The maximum Gasteiger partial charge on any atom is 0.119 e. The van der Waals surface area contributed by atoms with Gasteiger partial charge in [-0.05, 0) is 49.7 Å². The molecule has 23 heavy (non-hydrogen) atoms. The van der Waals surface area contributed by atoms with Crippen LogP contribution in [0.5, 0.6) is 11.5 Å². The van der Waals surface area contributed by atoms with Gasteiger partial charge in [0.15, 0.2) is 0 Å². The van der Waals surface area contributed by atoms with Gasteiger partial charge in [-0.2, -0.15) is 0 Å². The number of hydrogen-bond acceptors (Lipinski definition) is 4. The molecule has 0 saturated carbocycles. The summed E-state index contributed by atoms with van der Waals surface area (Å²) in [4.78, 5) is 0. The van der Waals surface area contributed by atoms with Crippen LogP contribution in [0, 0.1) is 0 Å². The van der Waals surface area contributed by atoms with E-state index in [9.17, 15) is 10.2 Å². The summed E-state index contributed by atoms with van der Waals surface area (Å²) in [6.45, 7) is 3.34. The summed E-state index contributed by atoms with van der Waals surface area (Å²) < 4.78 is 5.62. The van der Waals surface area contributed by atoms with Gasteiger partial charge in [0.05, 0.1) is 12.7 Å². The van der Waals surface area contributed by atoms with Crippen molar-refractivity contribution in [1.82, 2.24) is 5.32 Å². The molecule has 2 aromatic carbocycles. The number of rotatable bonds is 8. The molecule has 0 aliphatic rings. The van der Waals surface area contributed by atoms with Gasteiger partial charge in [0, 0.05) is 6.04 Å². The standard InChI is InChI=1S/C18H23NO3.ClH/c1-14(18(21)15-8-10-16(20)11-9-15)19-12-5-13-22-17-6-3-2-4-7-17;/h2-4,6-11,14,18-21H,5,12-13H2,1H3;1H. The molecule has 0 bridgehead atoms. The topological polar surface area (TPSA) is 61.7 Å². The minimum atomic E-state index is -0.601. The highest BCUT2D eigenvalue weighted by molar-refractivity contribution is 5.85. The zero-order valence-electron chi connectivity index (χ0n) is 13.2. The largest absolute Gasteiger partial charge is 0.508 e. The van der Waals surface area contributed by atoms with E-state index in [1.165, 1.54) is 0 Å². The lowest BCUT2D eigenvalue weighted by Gasteiger charge is -2.20. The normalized spacial score (nSPS) is 13.0. The first-order chi connectivity index (χ1) is 10.7. The summed E-state index contributed by atoms with van der Waals surface area (Å²) in [6, 6.07) is 16.3. The molecule has 2 unspecified atom stereocenters. The van der Waals surface area contributed by atoms with Crippen molar-refractivity contribution in [2.45, 2.75) is 25.5 Å². The number of phenolic OH excluding ortho intramolecular Hbond substituents is 1. The Hall–Kier alpha value is -1.75. The lowest BCUT2D eigenvalue weighted by Crippen LogP contribution is -2.33. The molecule has 0 fully saturated rings. The Morgan fingerprint density at radius 2 is 1.70 bits per heavy atom. The molecule has 0 saturated heterocycles. The molecule has 2 atom stereocenters. The van der Waals surface area contributed by atoms with Crippen molar-refractivity contribution in [1.29, 1.82) is 0 Å². The Bertz CT molecular complexity index is 548. The zero-order chi connectivity index (χ0) is 15.8. The SMILES string of the molecule is CC(NCCCOc1ccccc1)C(O)c1ccc(O)cc1.Cl. The summed E-state index contributed by atoms with van der Waals surface area (Å²) in [5, 5.41) is 22.8. The Labute approximate surface area is 143 Å². The van der Waals surface area contributed by atoms with Crippen LogP contribution in [0.1, 0.15) is 25.0 Å². The fourth-order valence-corrected chi connectivity index (χ4v) is 2.18. The molecule has 3 N–H and O–H groups in total. The number of halogens is 1. The predicted octanol–water partition coefficient (Wildman–Crippen LogP) is 3.29. The van der Waals surface area contributed by atoms with E-state index >= 15 is 0 Å². The van der Waals surface area contributed by atoms with Gasteiger partial charge in [-0.1, -0.05) is 30.3 Å². The molecule has 2 rings (SSSR count). The van der Waals surface area contributed by atoms with E-state index in [2.05, 4.69) is 5.32 Å². The second-order valence-electron chi connectivity index (χ2n) is 5.29. The first-order valence-corrected chi connectivity index (χ1v) is 7.55. The maximum atomic E-state index is 10.2. The molecule has 0 aromatic heterocycles. The molecule has 2 aromatic rings. The third-order valence-corrected chi connectivity index (χ3v) is 3.51. The van der Waals surface area contributed by atoms with E-state index in [0.29, 0.717) is 6.61 Å². The van der Waals surface area contributed by atoms with E-state index in [0.717, 1.165) is 24.3 Å². The number of aliphatic hydroxyl groups is 1. The molecule has 5 heteroatoms. The molecule has 0 amide bonds. The van der Waals surface area contributed by atoms with E-state index in [1.807, 2.05) is 37.3 Å².